The number of aliphatic hydroxyl groups excluding tert-OH is 1. The summed E-state index contributed by atoms with van der Waals surface area (Å²) in [5.41, 5.74) is -0.196. The molecule has 0 saturated carbocycles. The van der Waals surface area contributed by atoms with Crippen molar-refractivity contribution in [3.8, 4) is 0 Å². The Morgan fingerprint density at radius 3 is 2.50 bits per heavy atom. The lowest BCUT2D eigenvalue weighted by Crippen LogP contribution is -2.28. The Labute approximate surface area is 109 Å². The van der Waals surface area contributed by atoms with Gasteiger partial charge < -0.3 is 14.4 Å². The molecule has 1 aromatic heterocycles. The van der Waals surface area contributed by atoms with Crippen molar-refractivity contribution in [3.05, 3.63) is 11.7 Å². The Balaban J connectivity index is 2.68. The smallest absolute Gasteiger partial charge is 0.229 e. The standard InChI is InChI=1S/C13H24N2O3/c1-6-9(17-7-2)12-14-11(18-15-12)8-10(16)13(3,4)5/h9-10,16H,6-8H2,1-5H3. The Bertz CT molecular complexity index is 357. The van der Waals surface area contributed by atoms with Crippen molar-refractivity contribution in [2.75, 3.05) is 6.61 Å². The van der Waals surface area contributed by atoms with Crippen LogP contribution >= 0.6 is 0 Å². The zero-order valence-electron chi connectivity index (χ0n) is 11.9. The van der Waals surface area contributed by atoms with E-state index in [0.29, 0.717) is 24.7 Å². The molecule has 1 heterocycles. The van der Waals surface area contributed by atoms with Gasteiger partial charge in [0, 0.05) is 6.61 Å². The zero-order chi connectivity index (χ0) is 13.8. The van der Waals surface area contributed by atoms with E-state index in [1.807, 2.05) is 34.6 Å². The third-order valence-electron chi connectivity index (χ3n) is 2.88. The Kier molecular flexibility index (Phi) is 5.28. The molecule has 0 spiro atoms. The highest BCUT2D eigenvalue weighted by molar-refractivity contribution is 4.93. The highest BCUT2D eigenvalue weighted by Crippen LogP contribution is 2.23. The molecule has 0 aliphatic heterocycles. The van der Waals surface area contributed by atoms with E-state index in [9.17, 15) is 5.11 Å². The topological polar surface area (TPSA) is 68.4 Å². The van der Waals surface area contributed by atoms with Gasteiger partial charge in [-0.1, -0.05) is 32.9 Å². The third-order valence-corrected chi connectivity index (χ3v) is 2.88. The normalized spacial score (nSPS) is 15.7. The second-order valence-corrected chi connectivity index (χ2v) is 5.48. The van der Waals surface area contributed by atoms with Crippen LogP contribution in [0.25, 0.3) is 0 Å². The van der Waals surface area contributed by atoms with Gasteiger partial charge in [-0.15, -0.1) is 0 Å². The van der Waals surface area contributed by atoms with E-state index in [1.165, 1.54) is 0 Å². The summed E-state index contributed by atoms with van der Waals surface area (Å²) in [6.07, 6.45) is 0.547. The second-order valence-electron chi connectivity index (χ2n) is 5.48. The van der Waals surface area contributed by atoms with Gasteiger partial charge in [-0.05, 0) is 18.8 Å². The summed E-state index contributed by atoms with van der Waals surface area (Å²) < 4.78 is 10.7. The van der Waals surface area contributed by atoms with Gasteiger partial charge in [0.2, 0.25) is 11.7 Å². The SMILES string of the molecule is CCOC(CC)c1noc(CC(O)C(C)(C)C)n1. The minimum Gasteiger partial charge on any atom is -0.392 e. The number of ether oxygens (including phenoxy) is 1. The molecule has 0 aliphatic carbocycles. The first-order valence-electron chi connectivity index (χ1n) is 6.50. The minimum absolute atomic E-state index is 0.126. The lowest BCUT2D eigenvalue weighted by molar-refractivity contribution is 0.0517. The van der Waals surface area contributed by atoms with Gasteiger partial charge in [0.05, 0.1) is 12.5 Å². The molecule has 0 bridgehead atoms. The van der Waals surface area contributed by atoms with Crippen molar-refractivity contribution < 1.29 is 14.4 Å². The highest BCUT2D eigenvalue weighted by Gasteiger charge is 2.25. The van der Waals surface area contributed by atoms with Crippen molar-refractivity contribution in [1.82, 2.24) is 10.1 Å². The fraction of sp³-hybridized carbons (Fsp3) is 0.846. The molecular formula is C13H24N2O3. The predicted molar refractivity (Wildman–Crippen MR) is 68.1 cm³/mol. The Hall–Kier alpha value is -0.940. The van der Waals surface area contributed by atoms with E-state index in [2.05, 4.69) is 10.1 Å². The van der Waals surface area contributed by atoms with Gasteiger partial charge in [-0.25, -0.2) is 0 Å². The molecule has 1 aromatic rings. The molecule has 1 rings (SSSR count). The molecule has 0 fully saturated rings. The van der Waals surface area contributed by atoms with Crippen LogP contribution in [0.2, 0.25) is 0 Å². The number of rotatable bonds is 6. The van der Waals surface area contributed by atoms with E-state index >= 15 is 0 Å². The summed E-state index contributed by atoms with van der Waals surface area (Å²) in [5, 5.41) is 13.9. The predicted octanol–water partition coefficient (Wildman–Crippen LogP) is 2.51. The largest absolute Gasteiger partial charge is 0.392 e. The van der Waals surface area contributed by atoms with Gasteiger partial charge in [-0.3, -0.25) is 0 Å². The van der Waals surface area contributed by atoms with Crippen molar-refractivity contribution in [1.29, 1.82) is 0 Å². The van der Waals surface area contributed by atoms with E-state index < -0.39 is 6.10 Å². The minimum atomic E-state index is -0.502. The summed E-state index contributed by atoms with van der Waals surface area (Å²) in [4.78, 5) is 4.29. The van der Waals surface area contributed by atoms with Crippen LogP contribution in [0.15, 0.2) is 4.52 Å². The van der Waals surface area contributed by atoms with Crippen LogP contribution in [0.4, 0.5) is 0 Å². The summed E-state index contributed by atoms with van der Waals surface area (Å²) >= 11 is 0. The van der Waals surface area contributed by atoms with Crippen molar-refractivity contribution in [2.45, 2.75) is 59.7 Å². The van der Waals surface area contributed by atoms with Crippen LogP contribution in [0.5, 0.6) is 0 Å². The van der Waals surface area contributed by atoms with Crippen LogP contribution in [-0.4, -0.2) is 28.0 Å². The quantitative estimate of drug-likeness (QED) is 0.847. The Morgan fingerprint density at radius 1 is 1.33 bits per heavy atom. The summed E-state index contributed by atoms with van der Waals surface area (Å²) in [6.45, 7) is 10.5. The summed E-state index contributed by atoms with van der Waals surface area (Å²) in [7, 11) is 0. The average Bonchev–Trinajstić information content (AvgIpc) is 2.73. The van der Waals surface area contributed by atoms with Crippen molar-refractivity contribution >= 4 is 0 Å². The molecule has 0 radical (unpaired) electrons. The molecule has 1 N–H and O–H groups in total. The molecule has 0 aromatic carbocycles. The number of hydrogen-bond acceptors (Lipinski definition) is 5. The van der Waals surface area contributed by atoms with Crippen LogP contribution in [-0.2, 0) is 11.2 Å². The van der Waals surface area contributed by atoms with Crippen LogP contribution < -0.4 is 0 Å². The fourth-order valence-electron chi connectivity index (χ4n) is 1.53. The van der Waals surface area contributed by atoms with Crippen LogP contribution in [0.3, 0.4) is 0 Å². The van der Waals surface area contributed by atoms with Crippen LogP contribution in [0.1, 0.15) is 58.9 Å². The molecule has 2 atom stereocenters. The van der Waals surface area contributed by atoms with Crippen LogP contribution in [0, 0.1) is 5.41 Å². The zero-order valence-corrected chi connectivity index (χ0v) is 11.9. The van der Waals surface area contributed by atoms with Crippen molar-refractivity contribution in [3.63, 3.8) is 0 Å². The molecule has 18 heavy (non-hydrogen) atoms. The lowest BCUT2D eigenvalue weighted by Gasteiger charge is -2.24. The molecule has 5 nitrogen and oxygen atoms in total. The van der Waals surface area contributed by atoms with Gasteiger partial charge in [-0.2, -0.15) is 4.98 Å². The Morgan fingerprint density at radius 2 is 2.00 bits per heavy atom. The molecule has 5 heteroatoms. The van der Waals surface area contributed by atoms with E-state index in [4.69, 9.17) is 9.26 Å². The third kappa shape index (κ3) is 4.07. The fourth-order valence-corrected chi connectivity index (χ4v) is 1.53. The summed E-state index contributed by atoms with van der Waals surface area (Å²) in [5.74, 6) is 1.03. The highest BCUT2D eigenvalue weighted by atomic mass is 16.5. The maximum absolute atomic E-state index is 9.99. The number of nitrogens with zero attached hydrogens (tertiary/aromatic N) is 2. The maximum atomic E-state index is 9.99. The monoisotopic (exact) mass is 256 g/mol. The molecule has 0 amide bonds. The first-order chi connectivity index (χ1) is 8.38. The molecular weight excluding hydrogens is 232 g/mol. The van der Waals surface area contributed by atoms with Crippen molar-refractivity contribution in [2.24, 2.45) is 5.41 Å². The number of aromatic nitrogens is 2. The van der Waals surface area contributed by atoms with Gasteiger partial charge in [0.25, 0.3) is 0 Å². The van der Waals surface area contributed by atoms with E-state index in [0.717, 1.165) is 6.42 Å². The first kappa shape index (κ1) is 15.1. The second kappa shape index (κ2) is 6.29. The van der Waals surface area contributed by atoms with Gasteiger partial charge in [0.15, 0.2) is 0 Å². The lowest BCUT2D eigenvalue weighted by atomic mass is 9.87. The summed E-state index contributed by atoms with van der Waals surface area (Å²) in [6, 6.07) is 0. The first-order valence-corrected chi connectivity index (χ1v) is 6.50. The molecule has 0 aliphatic rings. The number of aliphatic hydroxyl groups is 1. The molecule has 0 saturated heterocycles. The number of hydrogen-bond donors (Lipinski definition) is 1. The maximum Gasteiger partial charge on any atom is 0.229 e. The van der Waals surface area contributed by atoms with E-state index in [-0.39, 0.29) is 11.5 Å². The van der Waals surface area contributed by atoms with Gasteiger partial charge >= 0.3 is 0 Å². The molecule has 104 valence electrons. The van der Waals surface area contributed by atoms with E-state index in [1.54, 1.807) is 0 Å². The molecule has 2 unspecified atom stereocenters. The average molecular weight is 256 g/mol. The van der Waals surface area contributed by atoms with Gasteiger partial charge in [0.1, 0.15) is 6.10 Å².